The summed E-state index contributed by atoms with van der Waals surface area (Å²) in [6.07, 6.45) is -2.47. The van der Waals surface area contributed by atoms with Gasteiger partial charge in [0.25, 0.3) is 0 Å². The summed E-state index contributed by atoms with van der Waals surface area (Å²) in [5, 5.41) is 3.66. The lowest BCUT2D eigenvalue weighted by Crippen LogP contribution is -2.33. The molecule has 1 aromatic carbocycles. The van der Waals surface area contributed by atoms with Gasteiger partial charge in [0.15, 0.2) is 5.69 Å². The number of halogens is 3. The predicted octanol–water partition coefficient (Wildman–Crippen LogP) is 3.54. The van der Waals surface area contributed by atoms with Gasteiger partial charge >= 0.3 is 6.18 Å². The second-order valence-electron chi connectivity index (χ2n) is 5.11. The molecule has 0 radical (unpaired) electrons. The highest BCUT2D eigenvalue weighted by molar-refractivity contribution is 5.26. The van der Waals surface area contributed by atoms with Gasteiger partial charge < -0.3 is 5.73 Å². The minimum Gasteiger partial charge on any atom is -0.326 e. The Morgan fingerprint density at radius 1 is 1.19 bits per heavy atom. The molecule has 1 heterocycles. The van der Waals surface area contributed by atoms with Crippen molar-refractivity contribution in [2.75, 3.05) is 0 Å². The highest BCUT2D eigenvalue weighted by Gasteiger charge is 2.34. The predicted molar refractivity (Wildman–Crippen MR) is 74.8 cm³/mol. The van der Waals surface area contributed by atoms with Crippen LogP contribution in [-0.2, 0) is 6.18 Å². The summed E-state index contributed by atoms with van der Waals surface area (Å²) in [5.74, 6) is 0. The van der Waals surface area contributed by atoms with Crippen molar-refractivity contribution in [1.29, 1.82) is 0 Å². The Balaban J connectivity index is 2.41. The number of hydrogen-bond acceptors (Lipinski definition) is 2. The molecule has 6 heteroatoms. The summed E-state index contributed by atoms with van der Waals surface area (Å²) in [4.78, 5) is 0. The number of rotatable bonds is 4. The summed E-state index contributed by atoms with van der Waals surface area (Å²) in [5.41, 5.74) is 7.13. The quantitative estimate of drug-likeness (QED) is 0.938. The largest absolute Gasteiger partial charge is 0.435 e. The smallest absolute Gasteiger partial charge is 0.326 e. The fraction of sp³-hybridized carbons (Fsp3) is 0.400. The van der Waals surface area contributed by atoms with Crippen molar-refractivity contribution < 1.29 is 13.2 Å². The van der Waals surface area contributed by atoms with Crippen molar-refractivity contribution in [3.05, 3.63) is 53.3 Å². The van der Waals surface area contributed by atoms with Gasteiger partial charge in [-0.1, -0.05) is 36.8 Å². The standard InChI is InChI=1S/C15H18F3N3/c1-3-12(19)14(11-6-4-10(2)5-7-11)21-9-8-13(20-21)15(16,17)18/h4-9,12,14H,3,19H2,1-2H3. The van der Waals surface area contributed by atoms with Crippen LogP contribution in [0, 0.1) is 6.92 Å². The van der Waals surface area contributed by atoms with E-state index in [1.54, 1.807) is 0 Å². The van der Waals surface area contributed by atoms with E-state index in [9.17, 15) is 13.2 Å². The highest BCUT2D eigenvalue weighted by Crippen LogP contribution is 2.29. The Kier molecular flexibility index (Phi) is 4.37. The third kappa shape index (κ3) is 3.44. The molecule has 0 aliphatic carbocycles. The van der Waals surface area contributed by atoms with Crippen LogP contribution in [0.5, 0.6) is 0 Å². The van der Waals surface area contributed by atoms with Gasteiger partial charge in [-0.15, -0.1) is 0 Å². The van der Waals surface area contributed by atoms with Crippen LogP contribution < -0.4 is 5.73 Å². The lowest BCUT2D eigenvalue weighted by atomic mass is 9.97. The van der Waals surface area contributed by atoms with Crippen molar-refractivity contribution in [1.82, 2.24) is 9.78 Å². The third-order valence-corrected chi connectivity index (χ3v) is 3.48. The number of aryl methyl sites for hydroxylation is 1. The first kappa shape index (κ1) is 15.6. The van der Waals surface area contributed by atoms with Crippen LogP contribution in [0.1, 0.15) is 36.2 Å². The molecule has 0 saturated carbocycles. The van der Waals surface area contributed by atoms with Gasteiger partial charge in [-0.2, -0.15) is 18.3 Å². The van der Waals surface area contributed by atoms with Crippen LogP contribution >= 0.6 is 0 Å². The van der Waals surface area contributed by atoms with Gasteiger partial charge in [0.05, 0.1) is 6.04 Å². The molecule has 2 aromatic rings. The SMILES string of the molecule is CCC(N)C(c1ccc(C)cc1)n1ccc(C(F)(F)F)n1. The fourth-order valence-electron chi connectivity index (χ4n) is 2.23. The van der Waals surface area contributed by atoms with Crippen molar-refractivity contribution in [2.45, 2.75) is 38.5 Å². The van der Waals surface area contributed by atoms with Crippen LogP contribution in [0.2, 0.25) is 0 Å². The zero-order valence-corrected chi connectivity index (χ0v) is 11.9. The van der Waals surface area contributed by atoms with Crippen LogP contribution in [0.4, 0.5) is 13.2 Å². The van der Waals surface area contributed by atoms with E-state index in [0.29, 0.717) is 6.42 Å². The van der Waals surface area contributed by atoms with E-state index < -0.39 is 17.9 Å². The third-order valence-electron chi connectivity index (χ3n) is 3.48. The number of alkyl halides is 3. The van der Waals surface area contributed by atoms with E-state index >= 15 is 0 Å². The summed E-state index contributed by atoms with van der Waals surface area (Å²) < 4.78 is 39.4. The van der Waals surface area contributed by atoms with Crippen molar-refractivity contribution in [3.63, 3.8) is 0 Å². The maximum atomic E-state index is 12.7. The minimum atomic E-state index is -4.45. The van der Waals surface area contributed by atoms with Crippen LogP contribution in [0.25, 0.3) is 0 Å². The lowest BCUT2D eigenvalue weighted by Gasteiger charge is -2.24. The first-order valence-corrected chi connectivity index (χ1v) is 6.77. The molecule has 0 spiro atoms. The fourth-order valence-corrected chi connectivity index (χ4v) is 2.23. The molecule has 2 N–H and O–H groups in total. The zero-order valence-electron chi connectivity index (χ0n) is 11.9. The first-order valence-electron chi connectivity index (χ1n) is 6.77. The molecular formula is C15H18F3N3. The Hall–Kier alpha value is -1.82. The number of benzene rings is 1. The number of hydrogen-bond donors (Lipinski definition) is 1. The van der Waals surface area contributed by atoms with Gasteiger partial charge in [-0.25, -0.2) is 0 Å². The summed E-state index contributed by atoms with van der Waals surface area (Å²) in [6.45, 7) is 3.86. The van der Waals surface area contributed by atoms with Crippen LogP contribution in [0.3, 0.4) is 0 Å². The molecule has 114 valence electrons. The van der Waals surface area contributed by atoms with Gasteiger partial charge in [0.1, 0.15) is 0 Å². The summed E-state index contributed by atoms with van der Waals surface area (Å²) in [6, 6.07) is 7.84. The monoisotopic (exact) mass is 297 g/mol. The van der Waals surface area contributed by atoms with Gasteiger partial charge in [0, 0.05) is 12.2 Å². The molecule has 1 aromatic heterocycles. The van der Waals surface area contributed by atoms with Crippen molar-refractivity contribution in [2.24, 2.45) is 5.73 Å². The molecule has 0 aliphatic heterocycles. The summed E-state index contributed by atoms with van der Waals surface area (Å²) in [7, 11) is 0. The normalized spacial score (nSPS) is 15.0. The molecule has 3 nitrogen and oxygen atoms in total. The van der Waals surface area contributed by atoms with Crippen LogP contribution in [-0.4, -0.2) is 15.8 Å². The molecule has 0 amide bonds. The first-order chi connectivity index (χ1) is 9.82. The average Bonchev–Trinajstić information content (AvgIpc) is 2.90. The number of nitrogens with zero attached hydrogens (tertiary/aromatic N) is 2. The Morgan fingerprint density at radius 3 is 2.29 bits per heavy atom. The van der Waals surface area contributed by atoms with Crippen molar-refractivity contribution in [3.8, 4) is 0 Å². The lowest BCUT2D eigenvalue weighted by molar-refractivity contribution is -0.141. The van der Waals surface area contributed by atoms with Crippen LogP contribution in [0.15, 0.2) is 36.5 Å². The second-order valence-corrected chi connectivity index (χ2v) is 5.11. The van der Waals surface area contributed by atoms with E-state index in [1.807, 2.05) is 38.1 Å². The second kappa shape index (κ2) is 5.89. The van der Waals surface area contributed by atoms with Gasteiger partial charge in [-0.05, 0) is 25.0 Å². The Bertz CT molecular complexity index is 587. The summed E-state index contributed by atoms with van der Waals surface area (Å²) >= 11 is 0. The maximum absolute atomic E-state index is 12.7. The highest BCUT2D eigenvalue weighted by atomic mass is 19.4. The van der Waals surface area contributed by atoms with E-state index in [0.717, 1.165) is 17.2 Å². The number of aromatic nitrogens is 2. The zero-order chi connectivity index (χ0) is 15.6. The Morgan fingerprint density at radius 2 is 1.81 bits per heavy atom. The molecule has 2 unspecified atom stereocenters. The average molecular weight is 297 g/mol. The Labute approximate surface area is 121 Å². The molecule has 0 fully saturated rings. The van der Waals surface area contributed by atoms with E-state index in [4.69, 9.17) is 5.73 Å². The van der Waals surface area contributed by atoms with E-state index in [2.05, 4.69) is 5.10 Å². The van der Waals surface area contributed by atoms with Gasteiger partial charge in [-0.3, -0.25) is 4.68 Å². The van der Waals surface area contributed by atoms with Gasteiger partial charge in [0.2, 0.25) is 0 Å². The molecule has 2 rings (SSSR count). The van der Waals surface area contributed by atoms with E-state index in [-0.39, 0.29) is 6.04 Å². The topological polar surface area (TPSA) is 43.8 Å². The maximum Gasteiger partial charge on any atom is 0.435 e. The molecule has 0 bridgehead atoms. The minimum absolute atomic E-state index is 0.311. The molecular weight excluding hydrogens is 279 g/mol. The molecule has 21 heavy (non-hydrogen) atoms. The molecule has 0 aliphatic rings. The number of nitrogens with two attached hydrogens (primary N) is 1. The molecule has 2 atom stereocenters. The van der Waals surface area contributed by atoms with E-state index in [1.165, 1.54) is 10.9 Å². The molecule has 0 saturated heterocycles. The van der Waals surface area contributed by atoms with Crippen molar-refractivity contribution >= 4 is 0 Å².